The van der Waals surface area contributed by atoms with Gasteiger partial charge in [-0.2, -0.15) is 5.10 Å². The second kappa shape index (κ2) is 7.61. The van der Waals surface area contributed by atoms with Gasteiger partial charge in [0.1, 0.15) is 34.0 Å². The molecule has 4 rings (SSSR count). The van der Waals surface area contributed by atoms with Crippen LogP contribution in [-0.4, -0.2) is 43.9 Å². The molecule has 3 N–H and O–H groups in total. The molecule has 1 aliphatic carbocycles. The zero-order chi connectivity index (χ0) is 24.2. The van der Waals surface area contributed by atoms with Crippen LogP contribution in [0.4, 0.5) is 0 Å². The number of ketones is 3. The fraction of sp³-hybridized carbons (Fsp3) is 0.333. The lowest BCUT2D eigenvalue weighted by atomic mass is 9.70. The van der Waals surface area contributed by atoms with Crippen LogP contribution in [0.25, 0.3) is 0 Å². The molecule has 0 fully saturated rings. The van der Waals surface area contributed by atoms with Crippen molar-refractivity contribution < 1.29 is 29.3 Å². The van der Waals surface area contributed by atoms with Crippen molar-refractivity contribution in [2.24, 2.45) is 0 Å². The first kappa shape index (κ1) is 22.3. The molecular formula is C24H25N3O6. The van der Waals surface area contributed by atoms with E-state index < -0.39 is 28.5 Å². The maximum atomic E-state index is 13.7. The Morgan fingerprint density at radius 2 is 1.91 bits per heavy atom. The van der Waals surface area contributed by atoms with Gasteiger partial charge in [0.2, 0.25) is 0 Å². The predicted molar refractivity (Wildman–Crippen MR) is 118 cm³/mol. The molecule has 0 saturated heterocycles. The molecule has 33 heavy (non-hydrogen) atoms. The number of fused-ring (bicyclic) bond motifs is 3. The number of hydrogen-bond acceptors (Lipinski definition) is 8. The van der Waals surface area contributed by atoms with Crippen LogP contribution in [0.1, 0.15) is 48.0 Å². The Hall–Kier alpha value is -3.88. The van der Waals surface area contributed by atoms with E-state index in [2.05, 4.69) is 10.4 Å². The average Bonchev–Trinajstić information content (AvgIpc) is 3.27. The number of nitrogens with one attached hydrogen (secondary N) is 1. The SMILES string of the molecule is CC(=O)c1c(O)c(C)c(O)c2c1OC1=CC(=O)C(=C(C)NCCn3nccc3C)C(=O)[C@@]12C. The molecule has 2 heterocycles. The van der Waals surface area contributed by atoms with Crippen molar-refractivity contribution in [1.29, 1.82) is 0 Å². The lowest BCUT2D eigenvalue weighted by Crippen LogP contribution is -2.41. The Labute approximate surface area is 190 Å². The molecule has 2 aromatic rings. The largest absolute Gasteiger partial charge is 0.507 e. The topological polar surface area (TPSA) is 131 Å². The van der Waals surface area contributed by atoms with E-state index in [0.29, 0.717) is 18.8 Å². The highest BCUT2D eigenvalue weighted by Crippen LogP contribution is 2.57. The lowest BCUT2D eigenvalue weighted by molar-refractivity contribution is -0.123. The fourth-order valence-corrected chi connectivity index (χ4v) is 4.43. The number of allylic oxidation sites excluding steroid dienone is 4. The third-order valence-electron chi connectivity index (χ3n) is 6.40. The number of nitrogens with zero attached hydrogens (tertiary/aromatic N) is 2. The number of carbonyl (C=O) groups excluding carboxylic acids is 3. The zero-order valence-electron chi connectivity index (χ0n) is 19.1. The third kappa shape index (κ3) is 3.14. The second-order valence-electron chi connectivity index (χ2n) is 8.51. The number of rotatable bonds is 5. The van der Waals surface area contributed by atoms with Crippen LogP contribution in [0.15, 0.2) is 35.4 Å². The Morgan fingerprint density at radius 1 is 1.21 bits per heavy atom. The number of carbonyl (C=O) groups is 3. The highest BCUT2D eigenvalue weighted by molar-refractivity contribution is 6.31. The van der Waals surface area contributed by atoms with Gasteiger partial charge in [-0.3, -0.25) is 19.1 Å². The lowest BCUT2D eigenvalue weighted by Gasteiger charge is -2.29. The molecule has 9 nitrogen and oxygen atoms in total. The fourth-order valence-electron chi connectivity index (χ4n) is 4.43. The molecule has 0 amide bonds. The number of phenols is 2. The first-order valence-corrected chi connectivity index (χ1v) is 10.5. The van der Waals surface area contributed by atoms with Gasteiger partial charge in [-0.1, -0.05) is 0 Å². The van der Waals surface area contributed by atoms with Crippen LogP contribution in [0.2, 0.25) is 0 Å². The quantitative estimate of drug-likeness (QED) is 0.359. The van der Waals surface area contributed by atoms with Crippen LogP contribution in [0, 0.1) is 13.8 Å². The van der Waals surface area contributed by atoms with Gasteiger partial charge in [0.15, 0.2) is 17.3 Å². The van der Waals surface area contributed by atoms with E-state index >= 15 is 0 Å². The molecule has 1 atom stereocenters. The zero-order valence-corrected chi connectivity index (χ0v) is 19.1. The number of aryl methyl sites for hydroxylation is 1. The van der Waals surface area contributed by atoms with E-state index in [1.165, 1.54) is 19.9 Å². The van der Waals surface area contributed by atoms with E-state index in [0.717, 1.165) is 5.69 Å². The molecule has 172 valence electrons. The summed E-state index contributed by atoms with van der Waals surface area (Å²) in [5.74, 6) is -2.43. The van der Waals surface area contributed by atoms with E-state index in [9.17, 15) is 24.6 Å². The average molecular weight is 451 g/mol. The highest BCUT2D eigenvalue weighted by atomic mass is 16.5. The normalized spacial score (nSPS) is 20.7. The second-order valence-corrected chi connectivity index (χ2v) is 8.51. The predicted octanol–water partition coefficient (Wildman–Crippen LogP) is 2.36. The summed E-state index contributed by atoms with van der Waals surface area (Å²) in [4.78, 5) is 38.8. The minimum absolute atomic E-state index is 0.0130. The van der Waals surface area contributed by atoms with Crippen molar-refractivity contribution in [2.75, 3.05) is 6.54 Å². The van der Waals surface area contributed by atoms with Crippen LogP contribution in [0.5, 0.6) is 17.2 Å². The van der Waals surface area contributed by atoms with Gasteiger partial charge in [-0.15, -0.1) is 0 Å². The summed E-state index contributed by atoms with van der Waals surface area (Å²) in [5.41, 5.74) is -0.193. The van der Waals surface area contributed by atoms with Gasteiger partial charge in [0, 0.05) is 35.8 Å². The van der Waals surface area contributed by atoms with Gasteiger partial charge >= 0.3 is 0 Å². The summed E-state index contributed by atoms with van der Waals surface area (Å²) in [5, 5.41) is 28.6. The molecule has 0 spiro atoms. The van der Waals surface area contributed by atoms with Crippen LogP contribution >= 0.6 is 0 Å². The minimum Gasteiger partial charge on any atom is -0.507 e. The number of aromatic nitrogens is 2. The van der Waals surface area contributed by atoms with E-state index in [1.54, 1.807) is 24.7 Å². The summed E-state index contributed by atoms with van der Waals surface area (Å²) in [7, 11) is 0. The first-order chi connectivity index (χ1) is 15.5. The van der Waals surface area contributed by atoms with Crippen molar-refractivity contribution in [3.63, 3.8) is 0 Å². The summed E-state index contributed by atoms with van der Waals surface area (Å²) < 4.78 is 7.56. The third-order valence-corrected chi connectivity index (χ3v) is 6.40. The molecule has 0 radical (unpaired) electrons. The molecule has 0 unspecified atom stereocenters. The number of aromatic hydroxyl groups is 2. The molecule has 1 aromatic heterocycles. The number of benzene rings is 1. The van der Waals surface area contributed by atoms with Crippen LogP contribution < -0.4 is 10.1 Å². The Balaban J connectivity index is 1.77. The summed E-state index contributed by atoms with van der Waals surface area (Å²) in [6.07, 6.45) is 2.90. The van der Waals surface area contributed by atoms with Gasteiger partial charge < -0.3 is 20.3 Å². The Kier molecular flexibility index (Phi) is 5.15. The van der Waals surface area contributed by atoms with E-state index in [-0.39, 0.29) is 39.5 Å². The van der Waals surface area contributed by atoms with Gasteiger partial charge in [-0.05, 0) is 40.7 Å². The molecule has 2 aliphatic rings. The molecule has 1 aromatic carbocycles. The Bertz CT molecular complexity index is 1300. The number of ether oxygens (including phenoxy) is 1. The summed E-state index contributed by atoms with van der Waals surface area (Å²) >= 11 is 0. The molecule has 9 heteroatoms. The maximum absolute atomic E-state index is 13.7. The minimum atomic E-state index is -1.52. The van der Waals surface area contributed by atoms with E-state index in [1.807, 2.05) is 13.0 Å². The monoisotopic (exact) mass is 451 g/mol. The Morgan fingerprint density at radius 3 is 2.52 bits per heavy atom. The maximum Gasteiger partial charge on any atom is 0.194 e. The summed E-state index contributed by atoms with van der Waals surface area (Å²) in [6, 6.07) is 1.88. The van der Waals surface area contributed by atoms with Gasteiger partial charge in [-0.25, -0.2) is 0 Å². The molecular weight excluding hydrogens is 426 g/mol. The van der Waals surface area contributed by atoms with Crippen molar-refractivity contribution in [2.45, 2.75) is 46.6 Å². The first-order valence-electron chi connectivity index (χ1n) is 10.5. The van der Waals surface area contributed by atoms with Crippen molar-refractivity contribution >= 4 is 17.3 Å². The van der Waals surface area contributed by atoms with Crippen LogP contribution in [0.3, 0.4) is 0 Å². The molecule has 0 saturated carbocycles. The number of phenolic OH excluding ortho intramolecular Hbond substituents is 2. The van der Waals surface area contributed by atoms with Crippen LogP contribution in [-0.2, 0) is 21.5 Å². The number of hydrogen-bond donors (Lipinski definition) is 3. The van der Waals surface area contributed by atoms with Crippen molar-refractivity contribution in [1.82, 2.24) is 15.1 Å². The van der Waals surface area contributed by atoms with Gasteiger partial charge in [0.25, 0.3) is 0 Å². The molecule has 1 aliphatic heterocycles. The smallest absolute Gasteiger partial charge is 0.194 e. The van der Waals surface area contributed by atoms with Crippen molar-refractivity contribution in [3.05, 3.63) is 57.8 Å². The summed E-state index contributed by atoms with van der Waals surface area (Å²) in [6.45, 7) is 8.79. The number of Topliss-reactive ketones (excluding diaryl/α,β-unsaturated/α-hetero) is 2. The van der Waals surface area contributed by atoms with Crippen molar-refractivity contribution in [3.8, 4) is 17.2 Å². The highest BCUT2D eigenvalue weighted by Gasteiger charge is 2.56. The van der Waals surface area contributed by atoms with Gasteiger partial charge in [0.05, 0.1) is 17.7 Å². The molecule has 0 bridgehead atoms. The van der Waals surface area contributed by atoms with E-state index in [4.69, 9.17) is 4.74 Å². The standard InChI is InChI=1S/C24H25N3O6/c1-11-6-7-26-27(11)9-8-25-13(3)17-15(29)10-16-24(5,23(17)32)19-21(31)12(2)20(30)18(14(4)28)22(19)33-16/h6-7,10,25,30-31H,8-9H2,1-5H3/t24-/m0/s1.